The fourth-order valence-corrected chi connectivity index (χ4v) is 4.75. The predicted molar refractivity (Wildman–Crippen MR) is 146 cm³/mol. The summed E-state index contributed by atoms with van der Waals surface area (Å²) in [5.74, 6) is -0.263. The number of amides is 1. The van der Waals surface area contributed by atoms with Crippen molar-refractivity contribution in [2.24, 2.45) is 0 Å². The van der Waals surface area contributed by atoms with Crippen LogP contribution in [0.1, 0.15) is 40.2 Å². The maximum atomic E-state index is 13.7. The summed E-state index contributed by atoms with van der Waals surface area (Å²) in [5.41, 5.74) is 8.06. The van der Waals surface area contributed by atoms with Crippen molar-refractivity contribution < 1.29 is 9.18 Å². The molecule has 0 unspecified atom stereocenters. The summed E-state index contributed by atoms with van der Waals surface area (Å²) in [5, 5.41) is 3.06. The summed E-state index contributed by atoms with van der Waals surface area (Å²) in [6.07, 6.45) is 4.01. The Morgan fingerprint density at radius 1 is 0.919 bits per heavy atom. The Labute approximate surface area is 217 Å². The third-order valence-corrected chi connectivity index (χ3v) is 6.84. The highest BCUT2D eigenvalue weighted by Gasteiger charge is 2.19. The molecule has 0 bridgehead atoms. The van der Waals surface area contributed by atoms with Gasteiger partial charge >= 0.3 is 0 Å². The first-order valence-electron chi connectivity index (χ1n) is 12.7. The summed E-state index contributed by atoms with van der Waals surface area (Å²) in [6, 6.07) is 21.9. The second kappa shape index (κ2) is 11.0. The number of pyridine rings is 2. The van der Waals surface area contributed by atoms with Gasteiger partial charge in [-0.1, -0.05) is 36.4 Å². The largest absolute Gasteiger partial charge is 0.321 e. The second-order valence-corrected chi connectivity index (χ2v) is 9.76. The minimum atomic E-state index is -0.709. The lowest BCUT2D eigenvalue weighted by molar-refractivity contribution is 0.102. The van der Waals surface area contributed by atoms with E-state index in [1.807, 2.05) is 80.7 Å². The first kappa shape index (κ1) is 24.8. The van der Waals surface area contributed by atoms with Gasteiger partial charge in [0.2, 0.25) is 0 Å². The van der Waals surface area contributed by atoms with Gasteiger partial charge in [0.05, 0.1) is 0 Å². The summed E-state index contributed by atoms with van der Waals surface area (Å²) in [6.45, 7) is 6.11. The molecule has 0 saturated carbocycles. The summed E-state index contributed by atoms with van der Waals surface area (Å²) < 4.78 is 13.7. The van der Waals surface area contributed by atoms with Gasteiger partial charge in [-0.25, -0.2) is 4.39 Å². The van der Waals surface area contributed by atoms with Gasteiger partial charge in [0.15, 0.2) is 0 Å². The number of hydrogen-bond donors (Lipinski definition) is 1. The first-order chi connectivity index (χ1) is 17.9. The maximum absolute atomic E-state index is 13.7. The Hall–Kier alpha value is -3.90. The number of halogens is 1. The zero-order valence-corrected chi connectivity index (χ0v) is 21.2. The lowest BCUT2D eigenvalue weighted by Crippen LogP contribution is -2.33. The summed E-state index contributed by atoms with van der Waals surface area (Å²) in [7, 11) is 0. The third-order valence-electron chi connectivity index (χ3n) is 6.84. The van der Waals surface area contributed by atoms with E-state index in [1.54, 1.807) is 6.20 Å². The topological polar surface area (TPSA) is 58.1 Å². The number of carbonyl (C=O) groups is 1. The van der Waals surface area contributed by atoms with E-state index in [1.165, 1.54) is 0 Å². The van der Waals surface area contributed by atoms with Crippen LogP contribution in [0, 0.1) is 13.8 Å². The molecule has 3 heterocycles. The monoisotopic (exact) mass is 494 g/mol. The SMILES string of the molecule is Cc1ccc(-c2cc(CN3CCC(F)CC3)cc(NC(=O)c3cc(-c4ccccc4)c(C)cn3)c2)cn1. The van der Waals surface area contributed by atoms with Crippen molar-refractivity contribution in [3.05, 3.63) is 102 Å². The number of anilines is 1. The molecule has 1 saturated heterocycles. The molecular formula is C31H31FN4O. The molecule has 1 aliphatic heterocycles. The summed E-state index contributed by atoms with van der Waals surface area (Å²) in [4.78, 5) is 24.4. The van der Waals surface area contributed by atoms with Crippen LogP contribution in [-0.2, 0) is 6.54 Å². The number of nitrogens with one attached hydrogen (secondary N) is 1. The molecule has 2 aromatic heterocycles. The number of carbonyl (C=O) groups excluding carboxylic acids is 1. The molecule has 6 heteroatoms. The van der Waals surface area contributed by atoms with Gasteiger partial charge in [-0.15, -0.1) is 0 Å². The number of nitrogens with zero attached hydrogens (tertiary/aromatic N) is 3. The smallest absolute Gasteiger partial charge is 0.274 e. The second-order valence-electron chi connectivity index (χ2n) is 9.76. The van der Waals surface area contributed by atoms with E-state index in [9.17, 15) is 9.18 Å². The Balaban J connectivity index is 1.43. The van der Waals surface area contributed by atoms with Crippen LogP contribution < -0.4 is 5.32 Å². The first-order valence-corrected chi connectivity index (χ1v) is 12.7. The molecule has 37 heavy (non-hydrogen) atoms. The third kappa shape index (κ3) is 6.09. The number of aromatic nitrogens is 2. The number of piperidine rings is 1. The molecule has 0 aliphatic carbocycles. The normalized spacial score (nSPS) is 14.5. The van der Waals surface area contributed by atoms with Crippen LogP contribution in [0.15, 0.2) is 79.1 Å². The molecule has 2 aromatic carbocycles. The highest BCUT2D eigenvalue weighted by atomic mass is 19.1. The van der Waals surface area contributed by atoms with Crippen molar-refractivity contribution >= 4 is 11.6 Å². The van der Waals surface area contributed by atoms with Crippen LogP contribution in [0.4, 0.5) is 10.1 Å². The van der Waals surface area contributed by atoms with E-state index < -0.39 is 6.17 Å². The van der Waals surface area contributed by atoms with E-state index >= 15 is 0 Å². The summed E-state index contributed by atoms with van der Waals surface area (Å²) >= 11 is 0. The van der Waals surface area contributed by atoms with Crippen LogP contribution in [-0.4, -0.2) is 40.0 Å². The van der Waals surface area contributed by atoms with Crippen LogP contribution >= 0.6 is 0 Å². The highest BCUT2D eigenvalue weighted by Crippen LogP contribution is 2.28. The van der Waals surface area contributed by atoms with Gasteiger partial charge in [-0.2, -0.15) is 0 Å². The van der Waals surface area contributed by atoms with Crippen molar-refractivity contribution in [1.82, 2.24) is 14.9 Å². The maximum Gasteiger partial charge on any atom is 0.274 e. The Morgan fingerprint density at radius 3 is 2.43 bits per heavy atom. The molecule has 0 radical (unpaired) electrons. The lowest BCUT2D eigenvalue weighted by Gasteiger charge is -2.28. The lowest BCUT2D eigenvalue weighted by atomic mass is 10.0. The molecule has 1 fully saturated rings. The van der Waals surface area contributed by atoms with Gasteiger partial charge in [0, 0.05) is 49.0 Å². The Bertz CT molecular complexity index is 1380. The molecule has 0 atom stereocenters. The molecule has 188 valence electrons. The van der Waals surface area contributed by atoms with Gasteiger partial charge in [0.25, 0.3) is 5.91 Å². The van der Waals surface area contributed by atoms with E-state index in [0.29, 0.717) is 30.8 Å². The van der Waals surface area contributed by atoms with Crippen molar-refractivity contribution in [2.75, 3.05) is 18.4 Å². The van der Waals surface area contributed by atoms with Crippen LogP contribution in [0.5, 0.6) is 0 Å². The van der Waals surface area contributed by atoms with Crippen molar-refractivity contribution in [3.63, 3.8) is 0 Å². The average Bonchev–Trinajstić information content (AvgIpc) is 2.91. The van der Waals surface area contributed by atoms with Crippen LogP contribution in [0.2, 0.25) is 0 Å². The van der Waals surface area contributed by atoms with Crippen LogP contribution in [0.25, 0.3) is 22.3 Å². The fourth-order valence-electron chi connectivity index (χ4n) is 4.75. The molecule has 1 N–H and O–H groups in total. The standard InChI is InChI=1S/C31H31FN4O/c1-21-18-34-30(17-29(21)24-6-4-3-5-7-24)31(37)35-28-15-23(20-36-12-10-27(32)11-13-36)14-26(16-28)25-9-8-22(2)33-19-25/h3-9,14-19,27H,10-13,20H2,1-2H3,(H,35,37). The Morgan fingerprint density at radius 2 is 1.70 bits per heavy atom. The molecule has 5 rings (SSSR count). The molecule has 1 amide bonds. The minimum Gasteiger partial charge on any atom is -0.321 e. The van der Waals surface area contributed by atoms with Crippen molar-refractivity contribution in [2.45, 2.75) is 39.4 Å². The van der Waals surface area contributed by atoms with Gasteiger partial charge < -0.3 is 5.32 Å². The van der Waals surface area contributed by atoms with Gasteiger partial charge in [-0.05, 0) is 84.8 Å². The van der Waals surface area contributed by atoms with E-state index in [4.69, 9.17) is 0 Å². The molecule has 4 aromatic rings. The average molecular weight is 495 g/mol. The van der Waals surface area contributed by atoms with E-state index in [0.717, 1.165) is 52.2 Å². The van der Waals surface area contributed by atoms with E-state index in [2.05, 4.69) is 26.3 Å². The minimum absolute atomic E-state index is 0.263. The van der Waals surface area contributed by atoms with Crippen molar-refractivity contribution in [1.29, 1.82) is 0 Å². The number of aryl methyl sites for hydroxylation is 2. The van der Waals surface area contributed by atoms with E-state index in [-0.39, 0.29) is 5.91 Å². The zero-order valence-electron chi connectivity index (χ0n) is 21.2. The van der Waals surface area contributed by atoms with Gasteiger partial charge in [0.1, 0.15) is 11.9 Å². The number of likely N-dealkylation sites (tertiary alicyclic amines) is 1. The number of alkyl halides is 1. The predicted octanol–water partition coefficient (Wildman–Crippen LogP) is 6.61. The molecule has 1 aliphatic rings. The quantitative estimate of drug-likeness (QED) is 0.328. The van der Waals surface area contributed by atoms with Crippen molar-refractivity contribution in [3.8, 4) is 22.3 Å². The number of benzene rings is 2. The zero-order chi connectivity index (χ0) is 25.8. The molecular weight excluding hydrogens is 463 g/mol. The number of rotatable bonds is 6. The number of hydrogen-bond acceptors (Lipinski definition) is 4. The Kier molecular flexibility index (Phi) is 7.37. The molecule has 0 spiro atoms. The highest BCUT2D eigenvalue weighted by molar-refractivity contribution is 6.04. The fraction of sp³-hybridized carbons (Fsp3) is 0.258. The molecule has 5 nitrogen and oxygen atoms in total. The van der Waals surface area contributed by atoms with Crippen LogP contribution in [0.3, 0.4) is 0 Å². The van der Waals surface area contributed by atoms with Gasteiger partial charge in [-0.3, -0.25) is 19.7 Å².